The van der Waals surface area contributed by atoms with E-state index in [0.29, 0.717) is 12.3 Å². The molecule has 5 nitrogen and oxygen atoms in total. The van der Waals surface area contributed by atoms with Crippen molar-refractivity contribution in [3.05, 3.63) is 18.0 Å². The molecule has 0 aliphatic rings. The first-order valence-electron chi connectivity index (χ1n) is 5.38. The largest absolute Gasteiger partial charge is 0.381 e. The molecule has 0 saturated carbocycles. The molecule has 0 bridgehead atoms. The van der Waals surface area contributed by atoms with Crippen molar-refractivity contribution in [3.8, 4) is 0 Å². The van der Waals surface area contributed by atoms with E-state index in [1.807, 2.05) is 13.8 Å². The topological polar surface area (TPSA) is 61.2 Å². The number of hydrogen-bond acceptors (Lipinski definition) is 4. The third-order valence-electron chi connectivity index (χ3n) is 2.13. The summed E-state index contributed by atoms with van der Waals surface area (Å²) in [5, 5.41) is 4.14. The van der Waals surface area contributed by atoms with E-state index in [2.05, 4.69) is 5.10 Å². The standard InChI is InChI=1S/C10H18N2O3S/c1-3-12-6-5-10(11-12)9-16(13,14)8-7-15-4-2/h5-6H,3-4,7-9H2,1-2H3. The summed E-state index contributed by atoms with van der Waals surface area (Å²) in [5.74, 6) is 0.0485. The third kappa shape index (κ3) is 4.32. The van der Waals surface area contributed by atoms with Crippen LogP contribution in [0.4, 0.5) is 0 Å². The van der Waals surface area contributed by atoms with Crippen LogP contribution >= 0.6 is 0 Å². The molecule has 1 aromatic rings. The smallest absolute Gasteiger partial charge is 0.158 e. The highest BCUT2D eigenvalue weighted by molar-refractivity contribution is 7.90. The molecule has 1 rings (SSSR count). The molecule has 0 aromatic carbocycles. The summed E-state index contributed by atoms with van der Waals surface area (Å²) in [5.41, 5.74) is 0.596. The van der Waals surface area contributed by atoms with Gasteiger partial charge in [-0.25, -0.2) is 8.42 Å². The zero-order valence-electron chi connectivity index (χ0n) is 9.72. The van der Waals surface area contributed by atoms with Crippen molar-refractivity contribution in [2.75, 3.05) is 19.0 Å². The normalized spacial score (nSPS) is 11.9. The van der Waals surface area contributed by atoms with Gasteiger partial charge in [-0.1, -0.05) is 0 Å². The van der Waals surface area contributed by atoms with Gasteiger partial charge in [-0.3, -0.25) is 4.68 Å². The SMILES string of the molecule is CCOCCS(=O)(=O)Cc1ccn(CC)n1. The molecule has 0 N–H and O–H groups in total. The number of aromatic nitrogens is 2. The number of ether oxygens (including phenoxy) is 1. The van der Waals surface area contributed by atoms with E-state index in [-0.39, 0.29) is 18.1 Å². The van der Waals surface area contributed by atoms with Gasteiger partial charge in [0.25, 0.3) is 0 Å². The van der Waals surface area contributed by atoms with Crippen LogP contribution in [0.3, 0.4) is 0 Å². The van der Waals surface area contributed by atoms with Crippen molar-refractivity contribution in [2.45, 2.75) is 26.1 Å². The highest BCUT2D eigenvalue weighted by Gasteiger charge is 2.13. The van der Waals surface area contributed by atoms with Crippen molar-refractivity contribution in [1.29, 1.82) is 0 Å². The molecule has 0 atom stereocenters. The maximum absolute atomic E-state index is 11.6. The first kappa shape index (κ1) is 13.2. The second kappa shape index (κ2) is 6.00. The van der Waals surface area contributed by atoms with Crippen LogP contribution in [-0.2, 0) is 26.9 Å². The fourth-order valence-corrected chi connectivity index (χ4v) is 2.41. The minimum atomic E-state index is -3.10. The maximum Gasteiger partial charge on any atom is 0.158 e. The molecular formula is C10H18N2O3S. The second-order valence-corrected chi connectivity index (χ2v) is 5.64. The monoisotopic (exact) mass is 246 g/mol. The summed E-state index contributed by atoms with van der Waals surface area (Å²) in [6.07, 6.45) is 1.79. The summed E-state index contributed by atoms with van der Waals surface area (Å²) in [6.45, 7) is 5.35. The molecule has 1 aromatic heterocycles. The van der Waals surface area contributed by atoms with Crippen molar-refractivity contribution in [2.24, 2.45) is 0 Å². The summed E-state index contributed by atoms with van der Waals surface area (Å²) in [6, 6.07) is 1.74. The number of sulfone groups is 1. The predicted octanol–water partition coefficient (Wildman–Crippen LogP) is 0.854. The van der Waals surface area contributed by atoms with Gasteiger partial charge in [0.15, 0.2) is 9.84 Å². The van der Waals surface area contributed by atoms with Crippen molar-refractivity contribution in [1.82, 2.24) is 9.78 Å². The molecule has 0 saturated heterocycles. The summed E-state index contributed by atoms with van der Waals surface area (Å²) >= 11 is 0. The van der Waals surface area contributed by atoms with Crippen LogP contribution in [0.5, 0.6) is 0 Å². The van der Waals surface area contributed by atoms with Crippen LogP contribution < -0.4 is 0 Å². The van der Waals surface area contributed by atoms with Crippen LogP contribution in [0.25, 0.3) is 0 Å². The van der Waals surface area contributed by atoms with Crippen molar-refractivity contribution < 1.29 is 13.2 Å². The Morgan fingerprint density at radius 1 is 1.44 bits per heavy atom. The van der Waals surface area contributed by atoms with Crippen LogP contribution in [0, 0.1) is 0 Å². The van der Waals surface area contributed by atoms with E-state index in [4.69, 9.17) is 4.74 Å². The van der Waals surface area contributed by atoms with E-state index in [1.165, 1.54) is 0 Å². The van der Waals surface area contributed by atoms with Gasteiger partial charge in [-0.15, -0.1) is 0 Å². The number of rotatable bonds is 7. The highest BCUT2D eigenvalue weighted by atomic mass is 32.2. The van der Waals surface area contributed by atoms with Crippen LogP contribution in [0.15, 0.2) is 12.3 Å². The summed E-state index contributed by atoms with van der Waals surface area (Å²) in [4.78, 5) is 0. The Morgan fingerprint density at radius 3 is 2.75 bits per heavy atom. The Labute approximate surface area is 96.3 Å². The fourth-order valence-electron chi connectivity index (χ4n) is 1.28. The number of aryl methyl sites for hydroxylation is 1. The van der Waals surface area contributed by atoms with Crippen LogP contribution in [0.1, 0.15) is 19.5 Å². The Hall–Kier alpha value is -0.880. The molecule has 6 heteroatoms. The van der Waals surface area contributed by atoms with Crippen molar-refractivity contribution >= 4 is 9.84 Å². The van der Waals surface area contributed by atoms with Gasteiger partial charge < -0.3 is 4.74 Å². The van der Waals surface area contributed by atoms with Crippen molar-refractivity contribution in [3.63, 3.8) is 0 Å². The lowest BCUT2D eigenvalue weighted by atomic mass is 10.5. The molecule has 0 aliphatic carbocycles. The Balaban J connectivity index is 2.51. The lowest BCUT2D eigenvalue weighted by Crippen LogP contribution is -2.14. The second-order valence-electron chi connectivity index (χ2n) is 3.45. The van der Waals surface area contributed by atoms with Gasteiger partial charge in [-0.2, -0.15) is 5.10 Å². The Bertz CT molecular complexity index is 411. The zero-order chi connectivity index (χ0) is 12.0. The van der Waals surface area contributed by atoms with Gasteiger partial charge >= 0.3 is 0 Å². The molecule has 0 spiro atoms. The minimum Gasteiger partial charge on any atom is -0.381 e. The van der Waals surface area contributed by atoms with Gasteiger partial charge in [0.2, 0.25) is 0 Å². The van der Waals surface area contributed by atoms with Gasteiger partial charge in [0.1, 0.15) is 0 Å². The average Bonchev–Trinajstić information content (AvgIpc) is 2.65. The fraction of sp³-hybridized carbons (Fsp3) is 0.700. The average molecular weight is 246 g/mol. The lowest BCUT2D eigenvalue weighted by molar-refractivity contribution is 0.163. The van der Waals surface area contributed by atoms with E-state index in [9.17, 15) is 8.42 Å². The van der Waals surface area contributed by atoms with Gasteiger partial charge in [0.05, 0.1) is 23.8 Å². The molecule has 92 valence electrons. The molecule has 0 radical (unpaired) electrons. The van der Waals surface area contributed by atoms with E-state index in [1.54, 1.807) is 16.9 Å². The summed E-state index contributed by atoms with van der Waals surface area (Å²) < 4.78 is 30.0. The Kier molecular flexibility index (Phi) is 4.95. The maximum atomic E-state index is 11.6. The van der Waals surface area contributed by atoms with E-state index >= 15 is 0 Å². The highest BCUT2D eigenvalue weighted by Crippen LogP contribution is 2.04. The van der Waals surface area contributed by atoms with E-state index in [0.717, 1.165) is 6.54 Å². The van der Waals surface area contributed by atoms with Crippen LogP contribution in [0.2, 0.25) is 0 Å². The number of hydrogen-bond donors (Lipinski definition) is 0. The zero-order valence-corrected chi connectivity index (χ0v) is 10.5. The quantitative estimate of drug-likeness (QED) is 0.669. The third-order valence-corrected chi connectivity index (χ3v) is 3.65. The molecule has 1 heterocycles. The van der Waals surface area contributed by atoms with Crippen LogP contribution in [-0.4, -0.2) is 37.2 Å². The molecular weight excluding hydrogens is 228 g/mol. The first-order valence-corrected chi connectivity index (χ1v) is 7.20. The summed E-state index contributed by atoms with van der Waals surface area (Å²) in [7, 11) is -3.10. The van der Waals surface area contributed by atoms with Gasteiger partial charge in [-0.05, 0) is 19.9 Å². The predicted molar refractivity (Wildman–Crippen MR) is 61.9 cm³/mol. The Morgan fingerprint density at radius 2 is 2.19 bits per heavy atom. The molecule has 0 fully saturated rings. The first-order chi connectivity index (χ1) is 7.57. The van der Waals surface area contributed by atoms with E-state index < -0.39 is 9.84 Å². The molecule has 0 unspecified atom stereocenters. The minimum absolute atomic E-state index is 0.00687. The number of nitrogens with zero attached hydrogens (tertiary/aromatic N) is 2. The molecule has 0 amide bonds. The lowest BCUT2D eigenvalue weighted by Gasteiger charge is -2.02. The molecule has 16 heavy (non-hydrogen) atoms. The van der Waals surface area contributed by atoms with Gasteiger partial charge in [0, 0.05) is 19.3 Å². The molecule has 0 aliphatic heterocycles.